The fourth-order valence-corrected chi connectivity index (χ4v) is 2.49. The summed E-state index contributed by atoms with van der Waals surface area (Å²) in [6.45, 7) is 1.39. The summed E-state index contributed by atoms with van der Waals surface area (Å²) in [5, 5.41) is 5.34. The molecule has 0 atom stereocenters. The second kappa shape index (κ2) is 8.12. The Morgan fingerprint density at radius 2 is 2.00 bits per heavy atom. The van der Waals surface area contributed by atoms with Gasteiger partial charge in [-0.15, -0.1) is 0 Å². The summed E-state index contributed by atoms with van der Waals surface area (Å²) in [4.78, 5) is 36.4. The van der Waals surface area contributed by atoms with E-state index in [9.17, 15) is 9.59 Å². The van der Waals surface area contributed by atoms with Crippen molar-refractivity contribution in [3.8, 4) is 17.0 Å². The molecule has 0 saturated heterocycles. The number of nitrogen functional groups attached to an aromatic ring is 1. The Morgan fingerprint density at radius 1 is 1.18 bits per heavy atom. The highest BCUT2D eigenvalue weighted by molar-refractivity contribution is 6.07. The van der Waals surface area contributed by atoms with Crippen molar-refractivity contribution in [2.75, 3.05) is 23.5 Å². The molecular weight excluding hydrogens is 360 g/mol. The molecule has 0 fully saturated rings. The van der Waals surface area contributed by atoms with Crippen LogP contribution in [0, 0.1) is 0 Å². The lowest BCUT2D eigenvalue weighted by atomic mass is 10.2. The average Bonchev–Trinajstić information content (AvgIpc) is 2.68. The van der Waals surface area contributed by atoms with Gasteiger partial charge in [0, 0.05) is 36.3 Å². The molecule has 2 aromatic heterocycles. The zero-order valence-electron chi connectivity index (χ0n) is 15.3. The largest absolute Gasteiger partial charge is 0.495 e. The van der Waals surface area contributed by atoms with Crippen LogP contribution in [0.4, 0.5) is 17.2 Å². The fraction of sp³-hybridized carbons (Fsp3) is 0.105. The molecule has 9 nitrogen and oxygen atoms in total. The van der Waals surface area contributed by atoms with Gasteiger partial charge in [-0.25, -0.2) is 9.97 Å². The zero-order chi connectivity index (χ0) is 20.1. The van der Waals surface area contributed by atoms with Crippen molar-refractivity contribution in [3.63, 3.8) is 0 Å². The highest BCUT2D eigenvalue weighted by Crippen LogP contribution is 2.28. The van der Waals surface area contributed by atoms with Crippen LogP contribution in [0.3, 0.4) is 0 Å². The molecule has 2 heterocycles. The number of rotatable bonds is 5. The van der Waals surface area contributed by atoms with E-state index in [1.54, 1.807) is 42.7 Å². The summed E-state index contributed by atoms with van der Waals surface area (Å²) >= 11 is 0. The molecule has 0 bridgehead atoms. The number of ether oxygens (including phenoxy) is 1. The fourth-order valence-electron chi connectivity index (χ4n) is 2.49. The van der Waals surface area contributed by atoms with Crippen LogP contribution >= 0.6 is 0 Å². The van der Waals surface area contributed by atoms with Crippen LogP contribution in [0.15, 0.2) is 48.9 Å². The number of amides is 2. The number of carbonyl (C=O) groups excluding carboxylic acids is 2. The van der Waals surface area contributed by atoms with Gasteiger partial charge < -0.3 is 21.1 Å². The van der Waals surface area contributed by atoms with Gasteiger partial charge in [-0.3, -0.25) is 14.6 Å². The number of methoxy groups -OCH3 is 1. The monoisotopic (exact) mass is 386 g/mol. The molecule has 0 aliphatic heterocycles. The number of hydrogen-bond donors (Lipinski definition) is 3. The molecule has 0 unspecified atom stereocenters. The predicted molar refractivity (Wildman–Crippen MR) is 113 cm³/mol. The Labute approximate surface area is 166 Å². The first-order valence-corrected chi connectivity index (χ1v) is 8.28. The quantitative estimate of drug-likeness (QED) is 0.612. The topological polar surface area (TPSA) is 132 Å². The van der Waals surface area contributed by atoms with Crippen molar-refractivity contribution >= 4 is 29.0 Å². The van der Waals surface area contributed by atoms with Crippen molar-refractivity contribution < 1.29 is 20.0 Å². The summed E-state index contributed by atoms with van der Waals surface area (Å²) in [6.07, 6.45) is 4.72. The molecule has 0 spiro atoms. The Balaban J connectivity index is 0. The Morgan fingerprint density at radius 3 is 2.68 bits per heavy atom. The number of nitrogens with two attached hydrogens (primary N) is 1. The number of hydrogen-bond acceptors (Lipinski definition) is 7. The molecule has 0 aliphatic rings. The van der Waals surface area contributed by atoms with E-state index < -0.39 is 5.91 Å². The Kier molecular flexibility index (Phi) is 5.45. The van der Waals surface area contributed by atoms with Gasteiger partial charge in [-0.2, -0.15) is 0 Å². The third-order valence-electron chi connectivity index (χ3n) is 3.74. The number of nitrogens with zero attached hydrogens (tertiary/aromatic N) is 3. The highest BCUT2D eigenvalue weighted by Gasteiger charge is 2.17. The first-order valence-electron chi connectivity index (χ1n) is 8.28. The number of benzene rings is 1. The van der Waals surface area contributed by atoms with E-state index >= 15 is 0 Å². The van der Waals surface area contributed by atoms with Crippen LogP contribution in [-0.2, 0) is 4.79 Å². The van der Waals surface area contributed by atoms with Gasteiger partial charge in [0.2, 0.25) is 5.91 Å². The highest BCUT2D eigenvalue weighted by atomic mass is 16.5. The normalized spacial score (nSPS) is 10.2. The van der Waals surface area contributed by atoms with E-state index in [2.05, 4.69) is 25.6 Å². The van der Waals surface area contributed by atoms with Crippen molar-refractivity contribution in [2.45, 2.75) is 6.92 Å². The second-order valence-corrected chi connectivity index (χ2v) is 5.78. The van der Waals surface area contributed by atoms with Crippen LogP contribution in [0.25, 0.3) is 11.3 Å². The van der Waals surface area contributed by atoms with Crippen LogP contribution in [0.2, 0.25) is 0 Å². The number of nitrogens with one attached hydrogen (secondary N) is 2. The van der Waals surface area contributed by atoms with Crippen LogP contribution < -0.4 is 21.1 Å². The molecule has 4 N–H and O–H groups in total. The molecule has 3 rings (SSSR count). The van der Waals surface area contributed by atoms with Gasteiger partial charge in [-0.05, 0) is 30.3 Å². The van der Waals surface area contributed by atoms with E-state index in [0.29, 0.717) is 28.4 Å². The summed E-state index contributed by atoms with van der Waals surface area (Å²) < 4.78 is 5.26. The number of aromatic nitrogens is 3. The third-order valence-corrected chi connectivity index (χ3v) is 3.74. The molecule has 9 heteroatoms. The van der Waals surface area contributed by atoms with E-state index in [0.717, 1.165) is 0 Å². The first kappa shape index (κ1) is 18.8. The molecule has 1 aromatic carbocycles. The van der Waals surface area contributed by atoms with Gasteiger partial charge in [0.05, 0.1) is 24.7 Å². The lowest BCUT2D eigenvalue weighted by molar-refractivity contribution is -0.114. The van der Waals surface area contributed by atoms with Crippen molar-refractivity contribution in [3.05, 3.63) is 54.6 Å². The molecule has 28 heavy (non-hydrogen) atoms. The maximum Gasteiger partial charge on any atom is 0.278 e. The summed E-state index contributed by atoms with van der Waals surface area (Å²) in [5.74, 6) is -0.393. The molecule has 0 radical (unpaired) electrons. The average molecular weight is 386 g/mol. The van der Waals surface area contributed by atoms with Gasteiger partial charge >= 0.3 is 0 Å². The third kappa shape index (κ3) is 4.21. The Hall–Kier alpha value is -4.01. The number of carbonyl (C=O) groups is 2. The van der Waals surface area contributed by atoms with Crippen molar-refractivity contribution in [1.29, 1.82) is 0 Å². The Bertz CT molecular complexity index is 1040. The van der Waals surface area contributed by atoms with E-state index in [-0.39, 0.29) is 23.1 Å². The number of pyridine rings is 1. The second-order valence-electron chi connectivity index (χ2n) is 5.78. The molecular formula is C19H26N6O3. The van der Waals surface area contributed by atoms with E-state index in [4.69, 9.17) is 10.5 Å². The lowest BCUT2D eigenvalue weighted by Crippen LogP contribution is -2.18. The minimum absolute atomic E-state index is 0. The SMILES string of the molecule is COc1ccc(NC(C)=O)cc1NC(=O)c1nc(-c2cccnc2)cnc1N.[HH].[HH].[HH].[HH]. The summed E-state index contributed by atoms with van der Waals surface area (Å²) in [7, 11) is 1.47. The summed E-state index contributed by atoms with van der Waals surface area (Å²) in [6, 6.07) is 8.42. The number of anilines is 3. The van der Waals surface area contributed by atoms with E-state index in [1.807, 2.05) is 0 Å². The maximum atomic E-state index is 12.8. The lowest BCUT2D eigenvalue weighted by Gasteiger charge is -2.13. The molecule has 0 aliphatic carbocycles. The molecule has 2 amide bonds. The predicted octanol–water partition coefficient (Wildman–Crippen LogP) is 3.32. The zero-order valence-corrected chi connectivity index (χ0v) is 15.3. The summed E-state index contributed by atoms with van der Waals surface area (Å²) in [5.41, 5.74) is 7.84. The maximum absolute atomic E-state index is 12.8. The van der Waals surface area contributed by atoms with Gasteiger partial charge in [0.15, 0.2) is 11.5 Å². The van der Waals surface area contributed by atoms with Crippen LogP contribution in [-0.4, -0.2) is 33.9 Å². The van der Waals surface area contributed by atoms with Crippen LogP contribution in [0.5, 0.6) is 5.75 Å². The van der Waals surface area contributed by atoms with Crippen molar-refractivity contribution in [2.24, 2.45) is 0 Å². The minimum atomic E-state index is -0.561. The minimum Gasteiger partial charge on any atom is -0.495 e. The van der Waals surface area contributed by atoms with Gasteiger partial charge in [-0.1, -0.05) is 0 Å². The van der Waals surface area contributed by atoms with Crippen LogP contribution in [0.1, 0.15) is 23.1 Å². The first-order chi connectivity index (χ1) is 13.5. The van der Waals surface area contributed by atoms with E-state index in [1.165, 1.54) is 20.2 Å². The standard InChI is InChI=1S/C19H18N6O3.4H2/c1-11(26)23-13-5-6-16(28-2)14(8-13)25-19(27)17-18(20)22-10-15(24-17)12-4-3-7-21-9-12;;;;/h3-10H,1-2H3,(H2,20,22)(H,23,26)(H,25,27);4*1H. The molecule has 150 valence electrons. The van der Waals surface area contributed by atoms with Crippen molar-refractivity contribution in [1.82, 2.24) is 15.0 Å². The molecule has 0 saturated carbocycles. The molecule has 3 aromatic rings. The van der Waals surface area contributed by atoms with Gasteiger partial charge in [0.1, 0.15) is 5.75 Å². The van der Waals surface area contributed by atoms with Gasteiger partial charge in [0.25, 0.3) is 5.91 Å². The smallest absolute Gasteiger partial charge is 0.278 e.